The van der Waals surface area contributed by atoms with E-state index in [-0.39, 0.29) is 5.78 Å². The molecule has 0 saturated heterocycles. The number of ether oxygens (including phenoxy) is 1. The molecule has 1 aliphatic heterocycles. The van der Waals surface area contributed by atoms with Crippen LogP contribution in [0.4, 0.5) is 0 Å². The molecule has 0 bridgehead atoms. The molecule has 0 amide bonds. The molecule has 0 aliphatic carbocycles. The highest BCUT2D eigenvalue weighted by atomic mass is 35.5. The molecule has 0 spiro atoms. The predicted octanol–water partition coefficient (Wildman–Crippen LogP) is 5.31. The number of ketones is 1. The number of Topliss-reactive ketones (excluding diaryl/α,β-unsaturated/α-hetero) is 1. The molecule has 3 rings (SSSR count). The molecular formula is C19H17ClO2S. The molecule has 0 atom stereocenters. The molecule has 2 nitrogen and oxygen atoms in total. The summed E-state index contributed by atoms with van der Waals surface area (Å²) >= 11 is 8.07. The average Bonchev–Trinajstić information content (AvgIpc) is 2.78. The Hall–Kier alpha value is -1.71. The first-order chi connectivity index (χ1) is 10.9. The largest absolute Gasteiger partial charge is 0.478 e. The van der Waals surface area contributed by atoms with Gasteiger partial charge in [0.05, 0.1) is 10.6 Å². The molecule has 0 unspecified atom stereocenters. The monoisotopic (exact) mass is 344 g/mol. The highest BCUT2D eigenvalue weighted by molar-refractivity contribution is 7.98. The molecule has 2 aromatic rings. The van der Waals surface area contributed by atoms with Crippen molar-refractivity contribution in [3.05, 3.63) is 64.7 Å². The molecule has 0 saturated carbocycles. The van der Waals surface area contributed by atoms with E-state index in [0.29, 0.717) is 16.4 Å². The molecule has 2 aromatic carbocycles. The summed E-state index contributed by atoms with van der Waals surface area (Å²) in [6.45, 7) is 3.57. The Morgan fingerprint density at radius 3 is 2.39 bits per heavy atom. The van der Waals surface area contributed by atoms with Crippen molar-refractivity contribution in [3.63, 3.8) is 0 Å². The molecule has 23 heavy (non-hydrogen) atoms. The van der Waals surface area contributed by atoms with Crippen molar-refractivity contribution >= 4 is 40.5 Å². The topological polar surface area (TPSA) is 26.3 Å². The molecule has 0 aromatic heterocycles. The van der Waals surface area contributed by atoms with Crippen LogP contribution in [0.2, 0.25) is 5.02 Å². The number of thioether (sulfide) groups is 1. The third kappa shape index (κ3) is 2.91. The summed E-state index contributed by atoms with van der Waals surface area (Å²) in [6.07, 6.45) is 2.00. The van der Waals surface area contributed by atoms with Gasteiger partial charge in [0, 0.05) is 10.5 Å². The van der Waals surface area contributed by atoms with E-state index in [4.69, 9.17) is 16.3 Å². The van der Waals surface area contributed by atoms with Crippen molar-refractivity contribution in [2.45, 2.75) is 24.3 Å². The molecule has 0 fully saturated rings. The van der Waals surface area contributed by atoms with Crippen LogP contribution in [0.3, 0.4) is 0 Å². The lowest BCUT2D eigenvalue weighted by atomic mass is 9.93. The average molecular weight is 345 g/mol. The third-order valence-electron chi connectivity index (χ3n) is 3.84. The zero-order chi connectivity index (χ0) is 16.6. The fourth-order valence-electron chi connectivity index (χ4n) is 2.62. The zero-order valence-electron chi connectivity index (χ0n) is 13.2. The lowest BCUT2D eigenvalue weighted by molar-refractivity contribution is -0.125. The van der Waals surface area contributed by atoms with Crippen molar-refractivity contribution in [3.8, 4) is 0 Å². The standard InChI is InChI=1S/C19H17ClO2S/c1-19(2)18(21)16(12-7-5-4-6-8-12)17(22-19)14-10-9-13(23-3)11-15(14)20/h4-11H,1-3H3. The Morgan fingerprint density at radius 1 is 1.09 bits per heavy atom. The van der Waals surface area contributed by atoms with E-state index in [1.54, 1.807) is 25.6 Å². The Morgan fingerprint density at radius 2 is 1.78 bits per heavy atom. The van der Waals surface area contributed by atoms with Gasteiger partial charge in [-0.2, -0.15) is 0 Å². The van der Waals surface area contributed by atoms with Crippen molar-refractivity contribution in [2.24, 2.45) is 0 Å². The van der Waals surface area contributed by atoms with Gasteiger partial charge in [0.1, 0.15) is 5.76 Å². The first-order valence-electron chi connectivity index (χ1n) is 7.31. The zero-order valence-corrected chi connectivity index (χ0v) is 14.8. The molecule has 1 aliphatic rings. The smallest absolute Gasteiger partial charge is 0.210 e. The van der Waals surface area contributed by atoms with Gasteiger partial charge in [0.15, 0.2) is 5.60 Å². The minimum Gasteiger partial charge on any atom is -0.478 e. The SMILES string of the molecule is CSc1ccc(C2=C(c3ccccc3)C(=O)C(C)(C)O2)c(Cl)c1. The lowest BCUT2D eigenvalue weighted by Gasteiger charge is -2.18. The van der Waals surface area contributed by atoms with Crippen LogP contribution in [0.15, 0.2) is 53.4 Å². The summed E-state index contributed by atoms with van der Waals surface area (Å²) in [7, 11) is 0. The summed E-state index contributed by atoms with van der Waals surface area (Å²) in [5.41, 5.74) is 1.31. The van der Waals surface area contributed by atoms with Crippen LogP contribution in [-0.2, 0) is 9.53 Å². The van der Waals surface area contributed by atoms with Crippen LogP contribution in [0, 0.1) is 0 Å². The van der Waals surface area contributed by atoms with Gasteiger partial charge >= 0.3 is 0 Å². The fourth-order valence-corrected chi connectivity index (χ4v) is 3.39. The van der Waals surface area contributed by atoms with Crippen LogP contribution < -0.4 is 0 Å². The second kappa shape index (κ2) is 6.06. The Bertz CT molecular complexity index is 794. The van der Waals surface area contributed by atoms with Crippen molar-refractivity contribution in [1.29, 1.82) is 0 Å². The van der Waals surface area contributed by atoms with Gasteiger partial charge in [-0.3, -0.25) is 4.79 Å². The number of carbonyl (C=O) groups is 1. The molecule has 1 heterocycles. The van der Waals surface area contributed by atoms with E-state index in [2.05, 4.69) is 0 Å². The Balaban J connectivity index is 2.20. The van der Waals surface area contributed by atoms with Crippen LogP contribution in [0.1, 0.15) is 25.0 Å². The summed E-state index contributed by atoms with van der Waals surface area (Å²) in [6, 6.07) is 15.4. The normalized spacial score (nSPS) is 16.6. The summed E-state index contributed by atoms with van der Waals surface area (Å²) in [5, 5.41) is 0.589. The Labute approximate surface area is 145 Å². The summed E-state index contributed by atoms with van der Waals surface area (Å²) < 4.78 is 6.01. The summed E-state index contributed by atoms with van der Waals surface area (Å²) in [5.74, 6) is 0.535. The van der Waals surface area contributed by atoms with Crippen molar-refractivity contribution in [1.82, 2.24) is 0 Å². The number of benzene rings is 2. The van der Waals surface area contributed by atoms with Gasteiger partial charge in [-0.15, -0.1) is 11.8 Å². The van der Waals surface area contributed by atoms with Crippen molar-refractivity contribution < 1.29 is 9.53 Å². The van der Waals surface area contributed by atoms with E-state index >= 15 is 0 Å². The van der Waals surface area contributed by atoms with Gasteiger partial charge in [0.25, 0.3) is 0 Å². The number of halogens is 1. The molecule has 118 valence electrons. The van der Waals surface area contributed by atoms with Crippen LogP contribution in [0.25, 0.3) is 11.3 Å². The fraction of sp³-hybridized carbons (Fsp3) is 0.211. The first kappa shape index (κ1) is 16.2. The lowest BCUT2D eigenvalue weighted by Crippen LogP contribution is -2.29. The maximum atomic E-state index is 12.8. The Kier molecular flexibility index (Phi) is 4.26. The van der Waals surface area contributed by atoms with E-state index in [9.17, 15) is 4.79 Å². The van der Waals surface area contributed by atoms with E-state index in [0.717, 1.165) is 16.0 Å². The van der Waals surface area contributed by atoms with Crippen LogP contribution >= 0.6 is 23.4 Å². The van der Waals surface area contributed by atoms with E-state index in [1.165, 1.54) is 0 Å². The maximum absolute atomic E-state index is 12.8. The first-order valence-corrected chi connectivity index (χ1v) is 8.92. The second-order valence-corrected chi connectivity index (χ2v) is 7.14. The van der Waals surface area contributed by atoms with E-state index < -0.39 is 5.60 Å². The number of hydrogen-bond donors (Lipinski definition) is 0. The highest BCUT2D eigenvalue weighted by Crippen LogP contribution is 2.43. The minimum absolute atomic E-state index is 0.0243. The number of hydrogen-bond acceptors (Lipinski definition) is 3. The van der Waals surface area contributed by atoms with Gasteiger partial charge in [-0.1, -0.05) is 41.9 Å². The van der Waals surface area contributed by atoms with Gasteiger partial charge in [0.2, 0.25) is 5.78 Å². The molecular weight excluding hydrogens is 328 g/mol. The molecule has 4 heteroatoms. The van der Waals surface area contributed by atoms with Gasteiger partial charge in [-0.05, 0) is 43.9 Å². The van der Waals surface area contributed by atoms with Gasteiger partial charge < -0.3 is 4.74 Å². The highest BCUT2D eigenvalue weighted by Gasteiger charge is 2.43. The maximum Gasteiger partial charge on any atom is 0.210 e. The molecule has 0 N–H and O–H groups in total. The van der Waals surface area contributed by atoms with E-state index in [1.807, 2.05) is 54.8 Å². The quantitative estimate of drug-likeness (QED) is 0.706. The van der Waals surface area contributed by atoms with Gasteiger partial charge in [-0.25, -0.2) is 0 Å². The second-order valence-electron chi connectivity index (χ2n) is 5.86. The third-order valence-corrected chi connectivity index (χ3v) is 4.88. The number of rotatable bonds is 3. The van der Waals surface area contributed by atoms with Crippen LogP contribution in [0.5, 0.6) is 0 Å². The summed E-state index contributed by atoms with van der Waals surface area (Å²) in [4.78, 5) is 13.9. The predicted molar refractivity (Wildman–Crippen MR) is 96.7 cm³/mol. The van der Waals surface area contributed by atoms with Crippen molar-refractivity contribution in [2.75, 3.05) is 6.26 Å². The molecule has 0 radical (unpaired) electrons. The number of carbonyl (C=O) groups excluding carboxylic acids is 1. The minimum atomic E-state index is -0.887. The van der Waals surface area contributed by atoms with Crippen LogP contribution in [-0.4, -0.2) is 17.6 Å².